The first-order chi connectivity index (χ1) is 16.9. The summed E-state index contributed by atoms with van der Waals surface area (Å²) in [6, 6.07) is 11.6. The number of aromatic nitrogens is 4. The van der Waals surface area contributed by atoms with Crippen molar-refractivity contribution >= 4 is 58.5 Å². The van der Waals surface area contributed by atoms with Crippen LogP contribution in [-0.4, -0.2) is 32.1 Å². The molecule has 0 aliphatic rings. The second-order valence-electron chi connectivity index (χ2n) is 7.09. The summed E-state index contributed by atoms with van der Waals surface area (Å²) in [5.41, 5.74) is 2.63. The van der Waals surface area contributed by atoms with Crippen molar-refractivity contribution in [2.45, 2.75) is 6.92 Å². The molecule has 2 aromatic heterocycles. The molecule has 0 fully saturated rings. The first-order valence-electron chi connectivity index (χ1n) is 10.3. The Hall–Kier alpha value is -3.46. The van der Waals surface area contributed by atoms with Crippen molar-refractivity contribution in [3.05, 3.63) is 87.8 Å². The Balaban J connectivity index is 1.75. The van der Waals surface area contributed by atoms with Gasteiger partial charge < -0.3 is 10.1 Å². The lowest BCUT2D eigenvalue weighted by atomic mass is 10.0. The molecule has 4 aromatic rings. The molecule has 0 unspecified atom stereocenters. The summed E-state index contributed by atoms with van der Waals surface area (Å²) in [4.78, 5) is 24.7. The minimum Gasteiger partial charge on any atom is -0.463 e. The zero-order chi connectivity index (χ0) is 24.9. The Kier molecular flexibility index (Phi) is 7.65. The molecule has 0 aliphatic heterocycles. The summed E-state index contributed by atoms with van der Waals surface area (Å²) in [5.74, 6) is -0.360. The number of nitrogens with one attached hydrogen (secondary N) is 1. The lowest BCUT2D eigenvalue weighted by Gasteiger charge is -2.13. The van der Waals surface area contributed by atoms with Crippen LogP contribution in [0.4, 0.5) is 16.0 Å². The van der Waals surface area contributed by atoms with Crippen LogP contribution in [0, 0.1) is 5.82 Å². The highest BCUT2D eigenvalue weighted by molar-refractivity contribution is 6.40. The first kappa shape index (κ1) is 24.7. The van der Waals surface area contributed by atoms with Crippen LogP contribution in [0.15, 0.2) is 61.1 Å². The maximum absolute atomic E-state index is 13.5. The van der Waals surface area contributed by atoms with Crippen LogP contribution in [0.1, 0.15) is 12.5 Å². The lowest BCUT2D eigenvalue weighted by Crippen LogP contribution is -2.05. The molecule has 0 aliphatic carbocycles. The van der Waals surface area contributed by atoms with Gasteiger partial charge in [-0.2, -0.15) is 4.98 Å². The zero-order valence-corrected chi connectivity index (χ0v) is 20.4. The molecule has 35 heavy (non-hydrogen) atoms. The number of imidazole rings is 1. The molecule has 2 aromatic carbocycles. The largest absolute Gasteiger partial charge is 0.463 e. The van der Waals surface area contributed by atoms with E-state index in [1.165, 1.54) is 35.2 Å². The second kappa shape index (κ2) is 10.9. The van der Waals surface area contributed by atoms with Crippen molar-refractivity contribution < 1.29 is 13.9 Å². The van der Waals surface area contributed by atoms with Crippen LogP contribution >= 0.6 is 34.8 Å². The maximum atomic E-state index is 13.5. The molecule has 0 bridgehead atoms. The molecule has 0 saturated heterocycles. The fourth-order valence-corrected chi connectivity index (χ4v) is 3.63. The van der Waals surface area contributed by atoms with Crippen molar-refractivity contribution in [2.24, 2.45) is 0 Å². The van der Waals surface area contributed by atoms with E-state index in [1.807, 2.05) is 24.3 Å². The van der Waals surface area contributed by atoms with Crippen molar-refractivity contribution in [3.63, 3.8) is 0 Å². The molecular formula is C24H17Cl3FN5O2. The smallest absolute Gasteiger partial charge is 0.330 e. The van der Waals surface area contributed by atoms with Crippen LogP contribution in [0.3, 0.4) is 0 Å². The van der Waals surface area contributed by atoms with E-state index in [0.29, 0.717) is 23.7 Å². The van der Waals surface area contributed by atoms with Gasteiger partial charge in [0.25, 0.3) is 0 Å². The molecule has 178 valence electrons. The predicted molar refractivity (Wildman–Crippen MR) is 135 cm³/mol. The van der Waals surface area contributed by atoms with Gasteiger partial charge in [0.1, 0.15) is 12.1 Å². The van der Waals surface area contributed by atoms with Gasteiger partial charge in [-0.1, -0.05) is 53.0 Å². The molecule has 0 amide bonds. The highest BCUT2D eigenvalue weighted by Crippen LogP contribution is 2.32. The molecular weight excluding hydrogens is 516 g/mol. The van der Waals surface area contributed by atoms with E-state index in [0.717, 1.165) is 11.1 Å². The third-order valence-electron chi connectivity index (χ3n) is 4.74. The number of halogens is 4. The number of benzene rings is 2. The summed E-state index contributed by atoms with van der Waals surface area (Å²) < 4.78 is 20.0. The van der Waals surface area contributed by atoms with E-state index in [-0.39, 0.29) is 21.3 Å². The van der Waals surface area contributed by atoms with Crippen molar-refractivity contribution in [3.8, 4) is 16.9 Å². The monoisotopic (exact) mass is 531 g/mol. The Morgan fingerprint density at radius 3 is 2.71 bits per heavy atom. The predicted octanol–water partition coefficient (Wildman–Crippen LogP) is 6.75. The van der Waals surface area contributed by atoms with Gasteiger partial charge in [-0.25, -0.2) is 19.2 Å². The number of carbonyl (C=O) groups excluding carboxylic acids is 1. The summed E-state index contributed by atoms with van der Waals surface area (Å²) in [6.07, 6.45) is 6.05. The van der Waals surface area contributed by atoms with Gasteiger partial charge in [0, 0.05) is 23.5 Å². The van der Waals surface area contributed by atoms with E-state index < -0.39 is 11.8 Å². The summed E-state index contributed by atoms with van der Waals surface area (Å²) in [5, 5.41) is 3.24. The SMILES string of the molecule is CCOC(=O)C=Cc1cccc(-c2cnc(Nc3ccc(F)c(Cl)c3)nc2-n2cnc(Cl)c2Cl)c1. The fourth-order valence-electron chi connectivity index (χ4n) is 3.15. The van der Waals surface area contributed by atoms with Crippen molar-refractivity contribution in [1.82, 2.24) is 19.5 Å². The van der Waals surface area contributed by atoms with Crippen LogP contribution < -0.4 is 5.32 Å². The molecule has 2 heterocycles. The molecule has 0 spiro atoms. The molecule has 7 nitrogen and oxygen atoms in total. The lowest BCUT2D eigenvalue weighted by molar-refractivity contribution is -0.137. The van der Waals surface area contributed by atoms with Gasteiger partial charge in [0.15, 0.2) is 16.1 Å². The van der Waals surface area contributed by atoms with E-state index in [4.69, 9.17) is 39.5 Å². The quantitative estimate of drug-likeness (QED) is 0.209. The van der Waals surface area contributed by atoms with Crippen LogP contribution in [0.5, 0.6) is 0 Å². The Bertz CT molecular complexity index is 1420. The normalized spacial score (nSPS) is 11.1. The summed E-state index contributed by atoms with van der Waals surface area (Å²) >= 11 is 18.3. The third kappa shape index (κ3) is 5.79. The van der Waals surface area contributed by atoms with Crippen molar-refractivity contribution in [1.29, 1.82) is 0 Å². The number of hydrogen-bond donors (Lipinski definition) is 1. The van der Waals surface area contributed by atoms with E-state index >= 15 is 0 Å². The highest BCUT2D eigenvalue weighted by Gasteiger charge is 2.17. The van der Waals surface area contributed by atoms with Gasteiger partial charge in [-0.3, -0.25) is 4.57 Å². The van der Waals surface area contributed by atoms with Crippen LogP contribution in [-0.2, 0) is 9.53 Å². The minimum atomic E-state index is -0.536. The first-order valence-corrected chi connectivity index (χ1v) is 11.4. The zero-order valence-electron chi connectivity index (χ0n) is 18.2. The van der Waals surface area contributed by atoms with Gasteiger partial charge >= 0.3 is 5.97 Å². The third-order valence-corrected chi connectivity index (χ3v) is 5.76. The number of nitrogens with zero attached hydrogens (tertiary/aromatic N) is 4. The Morgan fingerprint density at radius 1 is 1.17 bits per heavy atom. The number of carbonyl (C=O) groups is 1. The second-order valence-corrected chi connectivity index (χ2v) is 8.22. The van der Waals surface area contributed by atoms with Crippen LogP contribution in [0.25, 0.3) is 23.0 Å². The van der Waals surface area contributed by atoms with Gasteiger partial charge in [-0.15, -0.1) is 0 Å². The number of esters is 1. The van der Waals surface area contributed by atoms with Gasteiger partial charge in [-0.05, 0) is 48.4 Å². The molecule has 0 saturated carbocycles. The number of hydrogen-bond acceptors (Lipinski definition) is 6. The summed E-state index contributed by atoms with van der Waals surface area (Å²) in [7, 11) is 0. The van der Waals surface area contributed by atoms with Gasteiger partial charge in [0.2, 0.25) is 5.95 Å². The number of anilines is 2. The Labute approximate surface area is 215 Å². The minimum absolute atomic E-state index is 0.0380. The standard InChI is InChI=1S/C24H17Cl3FN5O2/c1-2-35-20(34)9-6-14-4-3-5-15(10-14)17-12-29-24(31-16-7-8-19(28)18(25)11-16)32-23(17)33-13-30-21(26)22(33)27/h3-13H,2H2,1H3,(H,29,31,32). The molecule has 0 radical (unpaired) electrons. The summed E-state index contributed by atoms with van der Waals surface area (Å²) in [6.45, 7) is 2.03. The molecule has 11 heteroatoms. The van der Waals surface area contributed by atoms with Crippen molar-refractivity contribution in [2.75, 3.05) is 11.9 Å². The average Bonchev–Trinajstić information content (AvgIpc) is 3.18. The number of rotatable bonds is 7. The average molecular weight is 533 g/mol. The topological polar surface area (TPSA) is 81.9 Å². The highest BCUT2D eigenvalue weighted by atomic mass is 35.5. The van der Waals surface area contributed by atoms with Crippen LogP contribution in [0.2, 0.25) is 15.3 Å². The fraction of sp³-hybridized carbons (Fsp3) is 0.0833. The maximum Gasteiger partial charge on any atom is 0.330 e. The molecule has 4 rings (SSSR count). The molecule has 0 atom stereocenters. The number of ether oxygens (including phenoxy) is 1. The Morgan fingerprint density at radius 2 is 2.00 bits per heavy atom. The van der Waals surface area contributed by atoms with E-state index in [2.05, 4.69) is 20.3 Å². The van der Waals surface area contributed by atoms with E-state index in [1.54, 1.807) is 19.2 Å². The van der Waals surface area contributed by atoms with Gasteiger partial charge in [0.05, 0.1) is 11.6 Å². The van der Waals surface area contributed by atoms with E-state index in [9.17, 15) is 9.18 Å². The molecule has 1 N–H and O–H groups in total.